The van der Waals surface area contributed by atoms with Crippen molar-refractivity contribution in [2.75, 3.05) is 13.2 Å². The summed E-state index contributed by atoms with van der Waals surface area (Å²) in [7, 11) is 0. The Bertz CT molecular complexity index is 202. The molecule has 0 fully saturated rings. The van der Waals surface area contributed by atoms with Crippen LogP contribution < -0.4 is 5.32 Å². The second-order valence-electron chi connectivity index (χ2n) is 1.99. The van der Waals surface area contributed by atoms with Crippen molar-refractivity contribution in [1.29, 1.82) is 0 Å². The van der Waals surface area contributed by atoms with E-state index >= 15 is 0 Å². The van der Waals surface area contributed by atoms with Gasteiger partial charge in [0.2, 0.25) is 0 Å². The monoisotopic (exact) mass is 199 g/mol. The van der Waals surface area contributed by atoms with E-state index in [-0.39, 0.29) is 6.61 Å². The quantitative estimate of drug-likeness (QED) is 0.733. The molecule has 0 saturated heterocycles. The molecule has 1 N–H and O–H groups in total. The van der Waals surface area contributed by atoms with Crippen molar-refractivity contribution >= 4 is 11.9 Å². The summed E-state index contributed by atoms with van der Waals surface area (Å²) >= 11 is 0. The summed E-state index contributed by atoms with van der Waals surface area (Å²) in [4.78, 5) is 20.6. The lowest BCUT2D eigenvalue weighted by Gasteiger charge is -2.06. The number of rotatable bonds is 3. The number of carbonyl (C=O) groups excluding carboxylic acids is 2. The van der Waals surface area contributed by atoms with Crippen LogP contribution in [0.1, 0.15) is 6.92 Å². The molecule has 0 atom stereocenters. The lowest BCUT2D eigenvalue weighted by molar-refractivity contribution is -0.169. The fourth-order valence-electron chi connectivity index (χ4n) is 0.435. The SMILES string of the molecule is CCOC(=O)NCC(=O)C(F)(F)F. The highest BCUT2D eigenvalue weighted by Crippen LogP contribution is 2.14. The Balaban J connectivity index is 3.77. The molecule has 0 aromatic heterocycles. The lowest BCUT2D eigenvalue weighted by Crippen LogP contribution is -2.37. The van der Waals surface area contributed by atoms with Gasteiger partial charge < -0.3 is 10.1 Å². The molecule has 0 aromatic carbocycles. The Hall–Kier alpha value is -1.27. The van der Waals surface area contributed by atoms with Gasteiger partial charge in [-0.25, -0.2) is 4.79 Å². The number of halogens is 3. The summed E-state index contributed by atoms with van der Waals surface area (Å²) in [5, 5.41) is 1.66. The van der Waals surface area contributed by atoms with Gasteiger partial charge in [0.25, 0.3) is 5.78 Å². The summed E-state index contributed by atoms with van der Waals surface area (Å²) in [5.74, 6) is -2.01. The average Bonchev–Trinajstić information content (AvgIpc) is 1.99. The second kappa shape index (κ2) is 4.68. The highest BCUT2D eigenvalue weighted by atomic mass is 19.4. The number of hydrogen-bond donors (Lipinski definition) is 1. The Morgan fingerprint density at radius 3 is 2.31 bits per heavy atom. The molecule has 0 aliphatic heterocycles. The molecule has 0 unspecified atom stereocenters. The molecule has 0 spiro atoms. The molecule has 0 aliphatic carbocycles. The highest BCUT2D eigenvalue weighted by molar-refractivity contribution is 5.88. The van der Waals surface area contributed by atoms with E-state index in [1.165, 1.54) is 6.92 Å². The third-order valence-electron chi connectivity index (χ3n) is 0.985. The molecule has 0 aromatic rings. The Morgan fingerprint density at radius 1 is 1.38 bits per heavy atom. The minimum atomic E-state index is -4.92. The molecule has 0 bridgehead atoms. The Labute approximate surface area is 72.0 Å². The Kier molecular flexibility index (Phi) is 4.22. The molecular formula is C6H8F3NO3. The number of Topliss-reactive ketones (excluding diaryl/α,β-unsaturated/α-hetero) is 1. The van der Waals surface area contributed by atoms with Gasteiger partial charge in [0.05, 0.1) is 13.2 Å². The molecule has 76 valence electrons. The molecule has 4 nitrogen and oxygen atoms in total. The van der Waals surface area contributed by atoms with Crippen LogP contribution in [0, 0.1) is 0 Å². The molecule has 7 heteroatoms. The van der Waals surface area contributed by atoms with Crippen LogP contribution >= 0.6 is 0 Å². The van der Waals surface area contributed by atoms with E-state index in [1.54, 1.807) is 5.32 Å². The van der Waals surface area contributed by atoms with Gasteiger partial charge >= 0.3 is 12.3 Å². The second-order valence-corrected chi connectivity index (χ2v) is 1.99. The molecule has 0 saturated carbocycles. The van der Waals surface area contributed by atoms with Crippen LogP contribution in [-0.4, -0.2) is 31.2 Å². The van der Waals surface area contributed by atoms with Crippen LogP contribution in [0.5, 0.6) is 0 Å². The number of carbonyl (C=O) groups is 2. The van der Waals surface area contributed by atoms with Crippen molar-refractivity contribution in [3.63, 3.8) is 0 Å². The molecule has 1 amide bonds. The van der Waals surface area contributed by atoms with Crippen molar-refractivity contribution in [1.82, 2.24) is 5.32 Å². The van der Waals surface area contributed by atoms with Gasteiger partial charge in [-0.1, -0.05) is 0 Å². The third-order valence-corrected chi connectivity index (χ3v) is 0.985. The summed E-state index contributed by atoms with van der Waals surface area (Å²) in [5.41, 5.74) is 0. The lowest BCUT2D eigenvalue weighted by atomic mass is 10.4. The van der Waals surface area contributed by atoms with Crippen molar-refractivity contribution in [3.05, 3.63) is 0 Å². The zero-order valence-electron chi connectivity index (χ0n) is 6.77. The predicted molar refractivity (Wildman–Crippen MR) is 36.1 cm³/mol. The largest absolute Gasteiger partial charge is 0.451 e. The standard InChI is InChI=1S/C6H8F3NO3/c1-2-13-5(12)10-3-4(11)6(7,8)9/h2-3H2,1H3,(H,10,12). The van der Waals surface area contributed by atoms with Crippen LogP contribution in [-0.2, 0) is 9.53 Å². The van der Waals surface area contributed by atoms with Crippen LogP contribution in [0.2, 0.25) is 0 Å². The van der Waals surface area contributed by atoms with Crippen molar-refractivity contribution < 1.29 is 27.5 Å². The first-order valence-electron chi connectivity index (χ1n) is 3.38. The fourth-order valence-corrected chi connectivity index (χ4v) is 0.435. The molecule has 0 aliphatic rings. The molecular weight excluding hydrogens is 191 g/mol. The summed E-state index contributed by atoms with van der Waals surface area (Å²) in [6.45, 7) is 0.430. The van der Waals surface area contributed by atoms with Crippen molar-refractivity contribution in [2.45, 2.75) is 13.1 Å². The maximum absolute atomic E-state index is 11.5. The van der Waals surface area contributed by atoms with E-state index in [9.17, 15) is 22.8 Å². The first kappa shape index (κ1) is 11.7. The smallest absolute Gasteiger partial charge is 0.450 e. The number of alkyl carbamates (subject to hydrolysis) is 1. The van der Waals surface area contributed by atoms with Gasteiger partial charge in [-0.3, -0.25) is 4.79 Å². The van der Waals surface area contributed by atoms with Crippen LogP contribution in [0.25, 0.3) is 0 Å². The first-order chi connectivity index (χ1) is 5.88. The maximum Gasteiger partial charge on any atom is 0.451 e. The number of alkyl halides is 3. The van der Waals surface area contributed by atoms with E-state index in [1.807, 2.05) is 0 Å². The van der Waals surface area contributed by atoms with E-state index in [0.29, 0.717) is 0 Å². The van der Waals surface area contributed by atoms with Gasteiger partial charge in [0.15, 0.2) is 0 Å². The number of ether oxygens (including phenoxy) is 1. The Morgan fingerprint density at radius 2 is 1.92 bits per heavy atom. The summed E-state index contributed by atoms with van der Waals surface area (Å²) in [6.07, 6.45) is -5.96. The number of nitrogens with one attached hydrogen (secondary N) is 1. The first-order valence-corrected chi connectivity index (χ1v) is 3.38. The molecule has 13 heavy (non-hydrogen) atoms. The topological polar surface area (TPSA) is 55.4 Å². The zero-order valence-corrected chi connectivity index (χ0v) is 6.77. The number of hydrogen-bond acceptors (Lipinski definition) is 3. The van der Waals surface area contributed by atoms with E-state index in [2.05, 4.69) is 4.74 Å². The highest BCUT2D eigenvalue weighted by Gasteiger charge is 2.37. The van der Waals surface area contributed by atoms with Gasteiger partial charge in [-0.05, 0) is 6.92 Å². The average molecular weight is 199 g/mol. The maximum atomic E-state index is 11.5. The van der Waals surface area contributed by atoms with Gasteiger partial charge in [0.1, 0.15) is 0 Å². The van der Waals surface area contributed by atoms with Crippen molar-refractivity contribution in [3.8, 4) is 0 Å². The van der Waals surface area contributed by atoms with Crippen molar-refractivity contribution in [2.24, 2.45) is 0 Å². The zero-order chi connectivity index (χ0) is 10.5. The van der Waals surface area contributed by atoms with Crippen LogP contribution in [0.15, 0.2) is 0 Å². The predicted octanol–water partition coefficient (Wildman–Crippen LogP) is 0.864. The minimum Gasteiger partial charge on any atom is -0.450 e. The van der Waals surface area contributed by atoms with Crippen LogP contribution in [0.3, 0.4) is 0 Å². The van der Waals surface area contributed by atoms with Gasteiger partial charge in [-0.15, -0.1) is 0 Å². The van der Waals surface area contributed by atoms with E-state index in [0.717, 1.165) is 0 Å². The number of ketones is 1. The molecule has 0 heterocycles. The summed E-state index contributed by atoms with van der Waals surface area (Å²) in [6, 6.07) is 0. The summed E-state index contributed by atoms with van der Waals surface area (Å²) < 4.78 is 38.9. The van der Waals surface area contributed by atoms with E-state index < -0.39 is 24.6 Å². The normalized spacial score (nSPS) is 10.8. The van der Waals surface area contributed by atoms with E-state index in [4.69, 9.17) is 0 Å². The fraction of sp³-hybridized carbons (Fsp3) is 0.667. The molecule has 0 radical (unpaired) electrons. The third kappa shape index (κ3) is 5.05. The molecule has 0 rings (SSSR count). The van der Waals surface area contributed by atoms with Gasteiger partial charge in [-0.2, -0.15) is 13.2 Å². The van der Waals surface area contributed by atoms with Crippen LogP contribution in [0.4, 0.5) is 18.0 Å². The number of amides is 1. The van der Waals surface area contributed by atoms with Gasteiger partial charge in [0, 0.05) is 0 Å². The minimum absolute atomic E-state index is 0.0338.